The third kappa shape index (κ3) is 2.38. The van der Waals surface area contributed by atoms with Crippen LogP contribution in [-0.2, 0) is 0 Å². The van der Waals surface area contributed by atoms with E-state index in [0.717, 1.165) is 34.9 Å². The molecule has 19 heavy (non-hydrogen) atoms. The number of thiophene rings is 1. The molecule has 1 aliphatic carbocycles. The third-order valence-corrected chi connectivity index (χ3v) is 4.90. The molecule has 0 spiro atoms. The second-order valence-corrected chi connectivity index (χ2v) is 6.01. The number of aliphatic hydroxyl groups is 1. The van der Waals surface area contributed by atoms with Crippen LogP contribution >= 0.6 is 11.3 Å². The van der Waals surface area contributed by atoms with Crippen LogP contribution in [0.3, 0.4) is 0 Å². The molecule has 2 atom stereocenters. The molecule has 100 valence electrons. The first-order valence-corrected chi connectivity index (χ1v) is 7.55. The first kappa shape index (κ1) is 12.6. The molecule has 2 aromatic rings. The van der Waals surface area contributed by atoms with Gasteiger partial charge >= 0.3 is 0 Å². The van der Waals surface area contributed by atoms with Crippen molar-refractivity contribution in [3.05, 3.63) is 35.2 Å². The van der Waals surface area contributed by atoms with Crippen LogP contribution in [0.4, 0.5) is 0 Å². The Hall–Kier alpha value is -1.39. The van der Waals surface area contributed by atoms with E-state index in [1.807, 2.05) is 29.6 Å². The van der Waals surface area contributed by atoms with Gasteiger partial charge in [0.05, 0.1) is 5.56 Å². The minimum atomic E-state index is -0.0113. The summed E-state index contributed by atoms with van der Waals surface area (Å²) >= 11 is 1.60. The summed E-state index contributed by atoms with van der Waals surface area (Å²) in [6.45, 7) is 0.162. The molecule has 3 nitrogen and oxygen atoms in total. The third-order valence-electron chi connectivity index (χ3n) is 3.94. The monoisotopic (exact) mass is 275 g/mol. The molecule has 3 rings (SSSR count). The number of amides is 1. The average Bonchev–Trinajstić information content (AvgIpc) is 3.04. The maximum atomic E-state index is 12.4. The number of nitrogens with one attached hydrogen (secondary N) is 1. The van der Waals surface area contributed by atoms with Crippen molar-refractivity contribution in [2.45, 2.75) is 25.3 Å². The standard InChI is InChI=1S/C15H17NO2S/c17-8-10-4-3-6-13(10)16-15(18)12-9-19-14-7-2-1-5-11(12)14/h1-2,5,7,9-10,13,17H,3-4,6,8H2,(H,16,18). The minimum absolute atomic E-state index is 0.0113. The number of carbonyl (C=O) groups is 1. The summed E-state index contributed by atoms with van der Waals surface area (Å²) in [7, 11) is 0. The molecule has 1 saturated carbocycles. The Balaban J connectivity index is 1.80. The number of fused-ring (bicyclic) bond motifs is 1. The van der Waals surface area contributed by atoms with Crippen LogP contribution in [0, 0.1) is 5.92 Å². The van der Waals surface area contributed by atoms with E-state index >= 15 is 0 Å². The average molecular weight is 275 g/mol. The fourth-order valence-electron chi connectivity index (χ4n) is 2.85. The van der Waals surface area contributed by atoms with Crippen LogP contribution in [0.2, 0.25) is 0 Å². The molecule has 1 aliphatic rings. The SMILES string of the molecule is O=C(NC1CCCC1CO)c1csc2ccccc12. The van der Waals surface area contributed by atoms with Crippen LogP contribution in [0.25, 0.3) is 10.1 Å². The van der Waals surface area contributed by atoms with Crippen molar-refractivity contribution < 1.29 is 9.90 Å². The van der Waals surface area contributed by atoms with Crippen molar-refractivity contribution in [3.63, 3.8) is 0 Å². The lowest BCUT2D eigenvalue weighted by atomic mass is 10.0. The second-order valence-electron chi connectivity index (χ2n) is 5.10. The Labute approximate surface area is 116 Å². The Bertz CT molecular complexity index is 593. The van der Waals surface area contributed by atoms with Gasteiger partial charge in [0.1, 0.15) is 0 Å². The molecule has 0 aliphatic heterocycles. The van der Waals surface area contributed by atoms with Crippen molar-refractivity contribution in [1.82, 2.24) is 5.32 Å². The van der Waals surface area contributed by atoms with Crippen LogP contribution in [-0.4, -0.2) is 23.7 Å². The zero-order valence-corrected chi connectivity index (χ0v) is 11.5. The molecule has 1 heterocycles. The van der Waals surface area contributed by atoms with E-state index in [0.29, 0.717) is 0 Å². The van der Waals surface area contributed by atoms with Gasteiger partial charge in [-0.3, -0.25) is 4.79 Å². The summed E-state index contributed by atoms with van der Waals surface area (Å²) in [5, 5.41) is 15.3. The number of benzene rings is 1. The predicted octanol–water partition coefficient (Wildman–Crippen LogP) is 2.79. The van der Waals surface area contributed by atoms with Crippen LogP contribution in [0.1, 0.15) is 29.6 Å². The Morgan fingerprint density at radius 2 is 2.21 bits per heavy atom. The molecule has 0 bridgehead atoms. The van der Waals surface area contributed by atoms with Gasteiger partial charge in [0.2, 0.25) is 0 Å². The molecule has 4 heteroatoms. The molecule has 2 N–H and O–H groups in total. The summed E-state index contributed by atoms with van der Waals surface area (Å²) in [6, 6.07) is 8.08. The van der Waals surface area contributed by atoms with Crippen molar-refractivity contribution in [1.29, 1.82) is 0 Å². The van der Waals surface area contributed by atoms with Gasteiger partial charge < -0.3 is 10.4 Å². The van der Waals surface area contributed by atoms with E-state index < -0.39 is 0 Å². The summed E-state index contributed by atoms with van der Waals surface area (Å²) in [5.74, 6) is 0.205. The lowest BCUT2D eigenvalue weighted by Gasteiger charge is -2.18. The van der Waals surface area contributed by atoms with Gasteiger partial charge in [0.25, 0.3) is 5.91 Å². The number of hydrogen-bond donors (Lipinski definition) is 2. The topological polar surface area (TPSA) is 49.3 Å². The molecule has 1 aromatic carbocycles. The highest BCUT2D eigenvalue weighted by Gasteiger charge is 2.28. The maximum Gasteiger partial charge on any atom is 0.252 e. The lowest BCUT2D eigenvalue weighted by molar-refractivity contribution is 0.0918. The number of carbonyl (C=O) groups excluding carboxylic acids is 1. The summed E-state index contributed by atoms with van der Waals surface area (Å²) < 4.78 is 1.14. The first-order valence-electron chi connectivity index (χ1n) is 6.67. The molecule has 1 aromatic heterocycles. The molecule has 0 radical (unpaired) electrons. The molecule has 0 saturated heterocycles. The van der Waals surface area contributed by atoms with Gasteiger partial charge in [-0.25, -0.2) is 0 Å². The van der Waals surface area contributed by atoms with Crippen molar-refractivity contribution in [2.24, 2.45) is 5.92 Å². The Morgan fingerprint density at radius 1 is 1.37 bits per heavy atom. The van der Waals surface area contributed by atoms with Gasteiger partial charge in [-0.05, 0) is 18.9 Å². The molecule has 2 unspecified atom stereocenters. The highest BCUT2D eigenvalue weighted by atomic mass is 32.1. The summed E-state index contributed by atoms with van der Waals surface area (Å²) in [6.07, 6.45) is 3.06. The quantitative estimate of drug-likeness (QED) is 0.905. The molecule has 1 fully saturated rings. The van der Waals surface area contributed by atoms with Gasteiger partial charge in [-0.2, -0.15) is 0 Å². The molecular weight excluding hydrogens is 258 g/mol. The Morgan fingerprint density at radius 3 is 3.05 bits per heavy atom. The van der Waals surface area contributed by atoms with Crippen LogP contribution in [0.5, 0.6) is 0 Å². The fourth-order valence-corrected chi connectivity index (χ4v) is 3.79. The Kier molecular flexibility index (Phi) is 3.53. The number of hydrogen-bond acceptors (Lipinski definition) is 3. The summed E-state index contributed by atoms with van der Waals surface area (Å²) in [5.41, 5.74) is 0.754. The van der Waals surface area contributed by atoms with Gasteiger partial charge in [-0.1, -0.05) is 24.6 Å². The number of aliphatic hydroxyl groups excluding tert-OH is 1. The van der Waals surface area contributed by atoms with Crippen molar-refractivity contribution >= 4 is 27.3 Å². The van der Waals surface area contributed by atoms with Gasteiger partial charge in [0.15, 0.2) is 0 Å². The number of rotatable bonds is 3. The highest BCUT2D eigenvalue weighted by Crippen LogP contribution is 2.28. The normalized spacial score (nSPS) is 22.8. The maximum absolute atomic E-state index is 12.4. The fraction of sp³-hybridized carbons (Fsp3) is 0.400. The minimum Gasteiger partial charge on any atom is -0.396 e. The second kappa shape index (κ2) is 5.31. The molecular formula is C15H17NO2S. The lowest BCUT2D eigenvalue weighted by Crippen LogP contribution is -2.38. The zero-order chi connectivity index (χ0) is 13.2. The van der Waals surface area contributed by atoms with Crippen LogP contribution < -0.4 is 5.32 Å². The largest absolute Gasteiger partial charge is 0.396 e. The van der Waals surface area contributed by atoms with E-state index in [1.165, 1.54) is 0 Å². The van der Waals surface area contributed by atoms with Gasteiger partial charge in [-0.15, -0.1) is 11.3 Å². The van der Waals surface area contributed by atoms with E-state index in [-0.39, 0.29) is 24.5 Å². The van der Waals surface area contributed by atoms with Crippen LogP contribution in [0.15, 0.2) is 29.6 Å². The van der Waals surface area contributed by atoms with Crippen molar-refractivity contribution in [2.75, 3.05) is 6.61 Å². The molecule has 1 amide bonds. The van der Waals surface area contributed by atoms with E-state index in [9.17, 15) is 9.90 Å². The highest BCUT2D eigenvalue weighted by molar-refractivity contribution is 7.17. The van der Waals surface area contributed by atoms with E-state index in [2.05, 4.69) is 5.32 Å². The summed E-state index contributed by atoms with van der Waals surface area (Å²) in [4.78, 5) is 12.4. The predicted molar refractivity (Wildman–Crippen MR) is 77.5 cm³/mol. The zero-order valence-electron chi connectivity index (χ0n) is 10.6. The smallest absolute Gasteiger partial charge is 0.252 e. The first-order chi connectivity index (χ1) is 9.29. The van der Waals surface area contributed by atoms with Gasteiger partial charge in [0, 0.05) is 34.0 Å². The van der Waals surface area contributed by atoms with E-state index in [1.54, 1.807) is 11.3 Å². The van der Waals surface area contributed by atoms with Crippen molar-refractivity contribution in [3.8, 4) is 0 Å². The van der Waals surface area contributed by atoms with E-state index in [4.69, 9.17) is 0 Å².